The van der Waals surface area contributed by atoms with Crippen molar-refractivity contribution in [1.29, 1.82) is 0 Å². The van der Waals surface area contributed by atoms with E-state index in [2.05, 4.69) is 22.1 Å². The molecule has 245 valence electrons. The molecule has 0 unspecified atom stereocenters. The number of fused-ring (bicyclic) bond motifs is 4. The Morgan fingerprint density at radius 3 is 2.45 bits per heavy atom. The number of aromatic nitrogens is 3. The van der Waals surface area contributed by atoms with Crippen LogP contribution < -0.4 is 0 Å². The van der Waals surface area contributed by atoms with Gasteiger partial charge in [0.1, 0.15) is 5.58 Å². The van der Waals surface area contributed by atoms with Gasteiger partial charge < -0.3 is 14.4 Å². The summed E-state index contributed by atoms with van der Waals surface area (Å²) in [7, 11) is 0. The molecular formula is C44H37IrN3O-2. The van der Waals surface area contributed by atoms with Gasteiger partial charge in [-0.15, -0.1) is 47.5 Å². The van der Waals surface area contributed by atoms with Crippen molar-refractivity contribution in [3.63, 3.8) is 0 Å². The van der Waals surface area contributed by atoms with Crippen molar-refractivity contribution in [1.82, 2.24) is 15.0 Å². The van der Waals surface area contributed by atoms with Crippen LogP contribution >= 0.6 is 0 Å². The average molecular weight is 824 g/mol. The Hall–Kier alpha value is -4.96. The Bertz CT molecular complexity index is 2690. The topological polar surface area (TPSA) is 51.8 Å². The van der Waals surface area contributed by atoms with E-state index in [4.69, 9.17) is 20.4 Å². The average Bonchev–Trinajstić information content (AvgIpc) is 3.54. The Kier molecular flexibility index (Phi) is 7.30. The van der Waals surface area contributed by atoms with Crippen molar-refractivity contribution >= 4 is 33.0 Å². The summed E-state index contributed by atoms with van der Waals surface area (Å²) in [6.45, 7) is 1.22. The Balaban J connectivity index is 0.000000192. The number of hydrogen-bond donors (Lipinski definition) is 0. The van der Waals surface area contributed by atoms with E-state index in [0.29, 0.717) is 44.8 Å². The fraction of sp³-hybridized carbons (Fsp3) is 0.159. The van der Waals surface area contributed by atoms with E-state index in [1.807, 2.05) is 93.6 Å². The molecular weight excluding hydrogens is 779 g/mol. The van der Waals surface area contributed by atoms with E-state index in [0.717, 1.165) is 27.4 Å². The summed E-state index contributed by atoms with van der Waals surface area (Å²) in [5, 5.41) is 1.92. The molecule has 0 bridgehead atoms. The molecule has 0 N–H and O–H groups in total. The maximum absolute atomic E-state index is 8.61. The summed E-state index contributed by atoms with van der Waals surface area (Å²) < 4.78 is 69.0. The van der Waals surface area contributed by atoms with Crippen molar-refractivity contribution < 1.29 is 35.5 Å². The van der Waals surface area contributed by atoms with E-state index >= 15 is 0 Å². The third-order valence-corrected chi connectivity index (χ3v) is 7.72. The van der Waals surface area contributed by atoms with Gasteiger partial charge in [-0.25, -0.2) is 4.98 Å². The SMILES string of the molecule is [2H]C([2H])([2H])c1ccc(-c2[c-]cc(C([2H])([2H])[2H])c(-c3ccccc3)c2)nc1.[2H]C([2H])(c1ccnc(-c2[c-]ccc3c2oc2cc4ccccc4nc23)c1)C(C)(C)C.[Ir]. The zero-order valence-electron chi connectivity index (χ0n) is 35.1. The minimum atomic E-state index is -2.27. The van der Waals surface area contributed by atoms with Gasteiger partial charge in [-0.3, -0.25) is 0 Å². The summed E-state index contributed by atoms with van der Waals surface area (Å²) in [6.07, 6.45) is 1.46. The van der Waals surface area contributed by atoms with Gasteiger partial charge in [0, 0.05) is 48.9 Å². The Morgan fingerprint density at radius 1 is 0.837 bits per heavy atom. The van der Waals surface area contributed by atoms with Crippen LogP contribution in [-0.2, 0) is 26.5 Å². The molecule has 4 heterocycles. The number of pyridine rings is 3. The first-order valence-corrected chi connectivity index (χ1v) is 15.6. The van der Waals surface area contributed by atoms with E-state index in [9.17, 15) is 0 Å². The fourth-order valence-corrected chi connectivity index (χ4v) is 5.57. The molecule has 8 rings (SSSR count). The normalized spacial score (nSPS) is 14.5. The standard InChI is InChI=1S/C25H21N2O.C19H16N.Ir/c1-25(2,3)15-16-11-12-26-21(13-16)18-8-6-9-19-23-22(28-24(18)19)14-17-7-4-5-10-20(17)27-23;1-14-8-11-19(20-13-14)17-10-9-15(2)18(12-17)16-6-4-3-5-7-16;/h4-7,9-14H,15H2,1-3H3;3-9,11-13H,1-2H3;/q2*-1;/i15D2;1D3,2D3;. The minimum Gasteiger partial charge on any atom is -0.499 e. The quantitative estimate of drug-likeness (QED) is 0.166. The number of rotatable bonds is 4. The molecule has 0 fully saturated rings. The summed E-state index contributed by atoms with van der Waals surface area (Å²) in [4.78, 5) is 13.5. The second kappa shape index (κ2) is 14.3. The number of para-hydroxylation sites is 1. The first kappa shape index (κ1) is 25.1. The maximum Gasteiger partial charge on any atom is 0.140 e. The van der Waals surface area contributed by atoms with Crippen LogP contribution in [0.1, 0.15) is 48.4 Å². The summed E-state index contributed by atoms with van der Waals surface area (Å²) in [5.41, 5.74) is 7.36. The second-order valence-electron chi connectivity index (χ2n) is 12.5. The van der Waals surface area contributed by atoms with Crippen LogP contribution in [-0.4, -0.2) is 15.0 Å². The van der Waals surface area contributed by atoms with Gasteiger partial charge in [0.25, 0.3) is 0 Å². The first-order chi connectivity index (χ1) is 26.4. The zero-order valence-corrected chi connectivity index (χ0v) is 29.5. The van der Waals surface area contributed by atoms with Gasteiger partial charge in [0.15, 0.2) is 0 Å². The van der Waals surface area contributed by atoms with Crippen molar-refractivity contribution in [2.45, 2.75) is 40.8 Å². The zero-order chi connectivity index (χ0) is 40.0. The molecule has 0 aliphatic rings. The van der Waals surface area contributed by atoms with Crippen LogP contribution in [0.3, 0.4) is 0 Å². The van der Waals surface area contributed by atoms with Gasteiger partial charge in [-0.05, 0) is 64.7 Å². The molecule has 0 saturated carbocycles. The minimum absolute atomic E-state index is 0. The number of benzene rings is 4. The van der Waals surface area contributed by atoms with Crippen LogP contribution in [0.2, 0.25) is 0 Å². The number of aryl methyl sites for hydroxylation is 2. The first-order valence-electron chi connectivity index (χ1n) is 19.6. The largest absolute Gasteiger partial charge is 0.499 e. The van der Waals surface area contributed by atoms with Crippen LogP contribution in [0.15, 0.2) is 126 Å². The van der Waals surface area contributed by atoms with Crippen LogP contribution in [0.5, 0.6) is 0 Å². The molecule has 0 spiro atoms. The van der Waals surface area contributed by atoms with E-state index < -0.39 is 25.5 Å². The fourth-order valence-electron chi connectivity index (χ4n) is 5.57. The number of furan rings is 1. The van der Waals surface area contributed by atoms with Crippen molar-refractivity contribution in [2.75, 3.05) is 0 Å². The number of nitrogens with zero attached hydrogens (tertiary/aromatic N) is 3. The third kappa shape index (κ3) is 7.54. The van der Waals surface area contributed by atoms with Gasteiger partial charge in [-0.2, -0.15) is 0 Å². The molecule has 0 aliphatic carbocycles. The monoisotopic (exact) mass is 824 g/mol. The molecule has 0 atom stereocenters. The molecule has 4 aromatic heterocycles. The summed E-state index contributed by atoms with van der Waals surface area (Å²) >= 11 is 0. The molecule has 8 aromatic rings. The summed E-state index contributed by atoms with van der Waals surface area (Å²) in [5.74, 6) is 0. The maximum atomic E-state index is 8.61. The molecule has 0 amide bonds. The second-order valence-corrected chi connectivity index (χ2v) is 12.5. The van der Waals surface area contributed by atoms with Gasteiger partial charge >= 0.3 is 0 Å². The van der Waals surface area contributed by atoms with Crippen molar-refractivity contribution in [3.8, 4) is 33.6 Å². The Morgan fingerprint density at radius 2 is 1.67 bits per heavy atom. The van der Waals surface area contributed by atoms with Crippen molar-refractivity contribution in [2.24, 2.45) is 5.41 Å². The molecule has 5 heteroatoms. The van der Waals surface area contributed by atoms with Crippen LogP contribution in [0.4, 0.5) is 0 Å². The van der Waals surface area contributed by atoms with Gasteiger partial charge in [0.05, 0.1) is 16.6 Å². The number of hydrogen-bond acceptors (Lipinski definition) is 4. The third-order valence-electron chi connectivity index (χ3n) is 7.72. The van der Waals surface area contributed by atoms with E-state index in [1.165, 1.54) is 18.3 Å². The Labute approximate surface area is 312 Å². The van der Waals surface area contributed by atoms with E-state index in [-0.39, 0.29) is 31.2 Å². The molecule has 0 aliphatic heterocycles. The smallest absolute Gasteiger partial charge is 0.140 e. The van der Waals surface area contributed by atoms with Gasteiger partial charge in [0.2, 0.25) is 0 Å². The predicted octanol–water partition coefficient (Wildman–Crippen LogP) is 11.4. The van der Waals surface area contributed by atoms with E-state index in [1.54, 1.807) is 30.5 Å². The molecule has 0 saturated heterocycles. The van der Waals surface area contributed by atoms with Crippen LogP contribution in [0, 0.1) is 31.3 Å². The molecule has 4 aromatic carbocycles. The molecule has 49 heavy (non-hydrogen) atoms. The van der Waals surface area contributed by atoms with Crippen LogP contribution in [0.25, 0.3) is 66.6 Å². The van der Waals surface area contributed by atoms with Gasteiger partial charge in [-0.1, -0.05) is 111 Å². The predicted molar refractivity (Wildman–Crippen MR) is 198 cm³/mol. The molecule has 4 nitrogen and oxygen atoms in total. The van der Waals surface area contributed by atoms with Crippen molar-refractivity contribution in [3.05, 3.63) is 150 Å². The molecule has 1 radical (unpaired) electrons. The summed E-state index contributed by atoms with van der Waals surface area (Å²) in [6, 6.07) is 39.1.